The lowest BCUT2D eigenvalue weighted by Crippen LogP contribution is -2.42. The van der Waals surface area contributed by atoms with Gasteiger partial charge in [-0.1, -0.05) is 18.2 Å². The summed E-state index contributed by atoms with van der Waals surface area (Å²) >= 11 is 0. The van der Waals surface area contributed by atoms with Gasteiger partial charge in [0.1, 0.15) is 18.0 Å². The molecule has 0 bridgehead atoms. The molecule has 0 unspecified atom stereocenters. The normalized spacial score (nSPS) is 19.8. The summed E-state index contributed by atoms with van der Waals surface area (Å²) in [6.07, 6.45) is 1.08. The summed E-state index contributed by atoms with van der Waals surface area (Å²) in [6, 6.07) is 9.41. The van der Waals surface area contributed by atoms with Crippen molar-refractivity contribution in [2.45, 2.75) is 18.5 Å². The van der Waals surface area contributed by atoms with E-state index >= 15 is 0 Å². The van der Waals surface area contributed by atoms with Crippen LogP contribution in [0.3, 0.4) is 0 Å². The van der Waals surface area contributed by atoms with Crippen LogP contribution in [0.1, 0.15) is 12.8 Å². The molecule has 0 radical (unpaired) electrons. The largest absolute Gasteiger partial charge is 0.490 e. The van der Waals surface area contributed by atoms with Gasteiger partial charge in [0.25, 0.3) is 0 Å². The second-order valence-corrected chi connectivity index (χ2v) is 4.00. The van der Waals surface area contributed by atoms with E-state index in [1.807, 2.05) is 30.3 Å². The highest BCUT2D eigenvalue weighted by Crippen LogP contribution is 2.24. The third kappa shape index (κ3) is 2.93. The molecular weight excluding hydrogens is 193 g/mol. The number of para-hydroxylation sites is 1. The third-order valence-corrected chi connectivity index (χ3v) is 2.74. The molecule has 0 saturated carbocycles. The zero-order valence-electron chi connectivity index (χ0n) is 8.71. The number of benzene rings is 1. The van der Waals surface area contributed by atoms with Crippen LogP contribution in [-0.2, 0) is 0 Å². The number of hydrogen-bond acceptors (Lipinski definition) is 2. The van der Waals surface area contributed by atoms with Gasteiger partial charge in [-0.15, -0.1) is 0 Å². The van der Waals surface area contributed by atoms with E-state index in [0.717, 1.165) is 18.8 Å². The molecule has 1 aliphatic rings. The van der Waals surface area contributed by atoms with Crippen LogP contribution >= 0.6 is 0 Å². The molecule has 1 fully saturated rings. The quantitative estimate of drug-likeness (QED) is 0.823. The zero-order chi connectivity index (χ0) is 10.6. The van der Waals surface area contributed by atoms with Gasteiger partial charge in [-0.25, -0.2) is 4.39 Å². The number of alkyl halides is 1. The van der Waals surface area contributed by atoms with E-state index in [-0.39, 0.29) is 6.61 Å². The monoisotopic (exact) mass is 209 g/mol. The van der Waals surface area contributed by atoms with Crippen LogP contribution in [-0.4, -0.2) is 25.4 Å². The molecule has 1 saturated heterocycles. The molecule has 1 aromatic rings. The highest BCUT2D eigenvalue weighted by molar-refractivity contribution is 5.21. The second kappa shape index (κ2) is 4.62. The van der Waals surface area contributed by atoms with E-state index < -0.39 is 5.67 Å². The lowest BCUT2D eigenvalue weighted by Gasteiger charge is -2.29. The molecule has 0 aliphatic carbocycles. The molecule has 15 heavy (non-hydrogen) atoms. The van der Waals surface area contributed by atoms with Gasteiger partial charge in [-0.2, -0.15) is 0 Å². The molecule has 0 aromatic heterocycles. The smallest absolute Gasteiger partial charge is 0.147 e. The summed E-state index contributed by atoms with van der Waals surface area (Å²) in [4.78, 5) is 0. The van der Waals surface area contributed by atoms with Gasteiger partial charge >= 0.3 is 0 Å². The topological polar surface area (TPSA) is 21.3 Å². The lowest BCUT2D eigenvalue weighted by molar-refractivity contribution is 0.0539. The van der Waals surface area contributed by atoms with Crippen molar-refractivity contribution in [1.29, 1.82) is 0 Å². The summed E-state index contributed by atoms with van der Waals surface area (Å²) in [6.45, 7) is 1.65. The van der Waals surface area contributed by atoms with Gasteiger partial charge in [0.2, 0.25) is 0 Å². The Morgan fingerprint density at radius 1 is 1.20 bits per heavy atom. The zero-order valence-corrected chi connectivity index (χ0v) is 8.71. The first-order valence-electron chi connectivity index (χ1n) is 5.36. The summed E-state index contributed by atoms with van der Waals surface area (Å²) < 4.78 is 19.5. The van der Waals surface area contributed by atoms with Crippen molar-refractivity contribution >= 4 is 0 Å². The Kier molecular flexibility index (Phi) is 3.21. The van der Waals surface area contributed by atoms with E-state index in [9.17, 15) is 4.39 Å². The van der Waals surface area contributed by atoms with Gasteiger partial charge in [0, 0.05) is 0 Å². The Hall–Kier alpha value is -1.09. The molecule has 1 aliphatic heterocycles. The summed E-state index contributed by atoms with van der Waals surface area (Å²) in [7, 11) is 0. The van der Waals surface area contributed by atoms with Crippen LogP contribution < -0.4 is 10.1 Å². The van der Waals surface area contributed by atoms with Crippen molar-refractivity contribution in [2.24, 2.45) is 0 Å². The van der Waals surface area contributed by atoms with Crippen molar-refractivity contribution in [3.8, 4) is 5.75 Å². The van der Waals surface area contributed by atoms with Crippen LogP contribution in [0, 0.1) is 0 Å². The Balaban J connectivity index is 1.87. The number of ether oxygens (including phenoxy) is 1. The van der Waals surface area contributed by atoms with Gasteiger partial charge in [-0.3, -0.25) is 0 Å². The fourth-order valence-corrected chi connectivity index (χ4v) is 1.75. The van der Waals surface area contributed by atoms with Gasteiger partial charge < -0.3 is 10.1 Å². The first-order chi connectivity index (χ1) is 7.29. The molecule has 0 spiro atoms. The average molecular weight is 209 g/mol. The van der Waals surface area contributed by atoms with Crippen molar-refractivity contribution in [3.63, 3.8) is 0 Å². The Labute approximate surface area is 89.4 Å². The molecule has 1 heterocycles. The maximum absolute atomic E-state index is 14.1. The molecule has 3 heteroatoms. The summed E-state index contributed by atoms with van der Waals surface area (Å²) in [5.41, 5.74) is -1.15. The number of rotatable bonds is 3. The van der Waals surface area contributed by atoms with E-state index in [1.54, 1.807) is 0 Å². The Morgan fingerprint density at radius 3 is 2.53 bits per heavy atom. The molecule has 82 valence electrons. The standard InChI is InChI=1S/C12H16FNO/c13-12(6-8-14-9-7-12)10-15-11-4-2-1-3-5-11/h1-5,14H,6-10H2. The molecular formula is C12H16FNO. The molecule has 2 nitrogen and oxygen atoms in total. The molecule has 1 aromatic carbocycles. The van der Waals surface area contributed by atoms with Gasteiger partial charge in [0.05, 0.1) is 0 Å². The van der Waals surface area contributed by atoms with E-state index in [2.05, 4.69) is 5.32 Å². The van der Waals surface area contributed by atoms with Crippen LogP contribution in [0.25, 0.3) is 0 Å². The first-order valence-corrected chi connectivity index (χ1v) is 5.36. The number of piperidine rings is 1. The minimum absolute atomic E-state index is 0.165. The number of nitrogens with one attached hydrogen (secondary N) is 1. The third-order valence-electron chi connectivity index (χ3n) is 2.74. The Bertz CT molecular complexity index is 296. The summed E-state index contributed by atoms with van der Waals surface area (Å²) in [5, 5.41) is 3.14. The van der Waals surface area contributed by atoms with Crippen LogP contribution in [0.2, 0.25) is 0 Å². The maximum atomic E-state index is 14.1. The first kappa shape index (κ1) is 10.4. The molecule has 2 rings (SSSR count). The Morgan fingerprint density at radius 2 is 1.87 bits per heavy atom. The highest BCUT2D eigenvalue weighted by Gasteiger charge is 2.32. The highest BCUT2D eigenvalue weighted by atomic mass is 19.1. The van der Waals surface area contributed by atoms with Crippen molar-refractivity contribution in [2.75, 3.05) is 19.7 Å². The number of hydrogen-bond donors (Lipinski definition) is 1. The minimum atomic E-state index is -1.15. The molecule has 0 atom stereocenters. The molecule has 1 N–H and O–H groups in total. The fraction of sp³-hybridized carbons (Fsp3) is 0.500. The van der Waals surface area contributed by atoms with Crippen LogP contribution in [0.4, 0.5) is 4.39 Å². The van der Waals surface area contributed by atoms with E-state index in [1.165, 1.54) is 0 Å². The SMILES string of the molecule is FC1(COc2ccccc2)CCNCC1. The van der Waals surface area contributed by atoms with Crippen molar-refractivity contribution < 1.29 is 9.13 Å². The average Bonchev–Trinajstić information content (AvgIpc) is 2.29. The van der Waals surface area contributed by atoms with Crippen LogP contribution in [0.15, 0.2) is 30.3 Å². The predicted octanol–water partition coefficient (Wildman–Crippen LogP) is 2.16. The van der Waals surface area contributed by atoms with Crippen LogP contribution in [0.5, 0.6) is 5.75 Å². The van der Waals surface area contributed by atoms with Crippen molar-refractivity contribution in [3.05, 3.63) is 30.3 Å². The predicted molar refractivity (Wildman–Crippen MR) is 57.9 cm³/mol. The maximum Gasteiger partial charge on any atom is 0.147 e. The van der Waals surface area contributed by atoms with E-state index in [4.69, 9.17) is 4.74 Å². The minimum Gasteiger partial charge on any atom is -0.490 e. The van der Waals surface area contributed by atoms with Gasteiger partial charge in [0.15, 0.2) is 0 Å². The van der Waals surface area contributed by atoms with Gasteiger partial charge in [-0.05, 0) is 38.1 Å². The number of halogens is 1. The fourth-order valence-electron chi connectivity index (χ4n) is 1.75. The lowest BCUT2D eigenvalue weighted by atomic mass is 9.95. The van der Waals surface area contributed by atoms with E-state index in [0.29, 0.717) is 12.8 Å². The molecule has 0 amide bonds. The summed E-state index contributed by atoms with van der Waals surface area (Å²) in [5.74, 6) is 0.744. The second-order valence-electron chi connectivity index (χ2n) is 4.00. The van der Waals surface area contributed by atoms with Crippen molar-refractivity contribution in [1.82, 2.24) is 5.32 Å².